The molecular weight excluding hydrogens is 308 g/mol. The molecule has 1 aromatic carbocycles. The van der Waals surface area contributed by atoms with Gasteiger partial charge in [-0.05, 0) is 38.3 Å². The van der Waals surface area contributed by atoms with Crippen molar-refractivity contribution in [2.75, 3.05) is 4.90 Å². The van der Waals surface area contributed by atoms with E-state index in [1.807, 2.05) is 6.92 Å². The fourth-order valence-corrected chi connectivity index (χ4v) is 3.98. The Morgan fingerprint density at radius 1 is 1.35 bits per heavy atom. The van der Waals surface area contributed by atoms with E-state index in [1.54, 1.807) is 6.07 Å². The molecule has 0 spiro atoms. The summed E-state index contributed by atoms with van der Waals surface area (Å²) in [6.07, 6.45) is 2.23. The predicted octanol–water partition coefficient (Wildman–Crippen LogP) is 2.80. The highest BCUT2D eigenvalue weighted by Gasteiger charge is 2.23. The summed E-state index contributed by atoms with van der Waals surface area (Å²) in [6, 6.07) is 10.6. The first kappa shape index (κ1) is 14.4. The van der Waals surface area contributed by atoms with Crippen molar-refractivity contribution in [1.29, 1.82) is 0 Å². The first-order chi connectivity index (χ1) is 11.1. The molecule has 0 saturated carbocycles. The number of para-hydroxylation sites is 1. The van der Waals surface area contributed by atoms with Gasteiger partial charge in [0.05, 0.1) is 12.2 Å². The average molecular weight is 326 g/mol. The fraction of sp³-hybridized carbons (Fsp3) is 0.353. The molecule has 0 amide bonds. The lowest BCUT2D eigenvalue weighted by atomic mass is 9.96. The Hall–Kier alpha value is -2.21. The summed E-state index contributed by atoms with van der Waals surface area (Å²) in [4.78, 5) is 19.9. The molecule has 5 nitrogen and oxygen atoms in total. The SMILES string of the molecule is Cc1nn2c(=O)cc(CN3c4ccccc4CC[C@@H]3C)nc2s1. The van der Waals surface area contributed by atoms with Gasteiger partial charge in [-0.3, -0.25) is 4.79 Å². The predicted molar refractivity (Wildman–Crippen MR) is 92.3 cm³/mol. The minimum atomic E-state index is -0.104. The summed E-state index contributed by atoms with van der Waals surface area (Å²) in [5.74, 6) is 0. The average Bonchev–Trinajstić information content (AvgIpc) is 2.91. The van der Waals surface area contributed by atoms with Gasteiger partial charge in [-0.2, -0.15) is 9.61 Å². The van der Waals surface area contributed by atoms with Gasteiger partial charge in [-0.1, -0.05) is 29.5 Å². The van der Waals surface area contributed by atoms with Crippen LogP contribution in [0.3, 0.4) is 0 Å². The van der Waals surface area contributed by atoms with E-state index in [-0.39, 0.29) is 5.56 Å². The Kier molecular flexibility index (Phi) is 3.41. The molecule has 0 saturated heterocycles. The van der Waals surface area contributed by atoms with E-state index in [2.05, 4.69) is 46.2 Å². The van der Waals surface area contributed by atoms with Crippen molar-refractivity contribution >= 4 is 22.0 Å². The molecular formula is C17H18N4OS. The molecule has 0 aliphatic carbocycles. The first-order valence-electron chi connectivity index (χ1n) is 7.83. The van der Waals surface area contributed by atoms with Gasteiger partial charge in [-0.15, -0.1) is 0 Å². The van der Waals surface area contributed by atoms with Crippen molar-refractivity contribution in [2.24, 2.45) is 0 Å². The number of hydrogen-bond donors (Lipinski definition) is 0. The monoisotopic (exact) mass is 326 g/mol. The van der Waals surface area contributed by atoms with Gasteiger partial charge in [0.25, 0.3) is 5.56 Å². The second-order valence-electron chi connectivity index (χ2n) is 6.05. The van der Waals surface area contributed by atoms with E-state index in [0.29, 0.717) is 17.5 Å². The molecule has 3 heterocycles. The molecule has 4 rings (SSSR count). The molecule has 0 fully saturated rings. The van der Waals surface area contributed by atoms with Gasteiger partial charge >= 0.3 is 0 Å². The van der Waals surface area contributed by atoms with Crippen molar-refractivity contribution in [3.8, 4) is 0 Å². The van der Waals surface area contributed by atoms with Gasteiger partial charge in [-0.25, -0.2) is 4.98 Å². The number of hydrogen-bond acceptors (Lipinski definition) is 5. The maximum Gasteiger partial charge on any atom is 0.275 e. The smallest absolute Gasteiger partial charge is 0.275 e. The molecule has 23 heavy (non-hydrogen) atoms. The summed E-state index contributed by atoms with van der Waals surface area (Å²) in [5.41, 5.74) is 3.33. The van der Waals surface area contributed by atoms with Gasteiger partial charge in [0.1, 0.15) is 5.01 Å². The Morgan fingerprint density at radius 3 is 3.04 bits per heavy atom. The molecule has 0 N–H and O–H groups in total. The van der Waals surface area contributed by atoms with Crippen molar-refractivity contribution in [3.05, 3.63) is 57.0 Å². The van der Waals surface area contributed by atoms with Crippen LogP contribution < -0.4 is 10.5 Å². The molecule has 118 valence electrons. The van der Waals surface area contributed by atoms with Crippen molar-refractivity contribution < 1.29 is 0 Å². The van der Waals surface area contributed by atoms with Gasteiger partial charge in [0.2, 0.25) is 4.96 Å². The van der Waals surface area contributed by atoms with Crippen molar-refractivity contribution in [2.45, 2.75) is 39.3 Å². The van der Waals surface area contributed by atoms with E-state index in [4.69, 9.17) is 0 Å². The number of benzene rings is 1. The molecule has 3 aromatic rings. The molecule has 0 bridgehead atoms. The summed E-state index contributed by atoms with van der Waals surface area (Å²) in [6.45, 7) is 4.78. The Bertz CT molecular complexity index is 930. The zero-order valence-corrected chi connectivity index (χ0v) is 14.0. The lowest BCUT2D eigenvalue weighted by molar-refractivity contribution is 0.556. The highest BCUT2D eigenvalue weighted by atomic mass is 32.1. The lowest BCUT2D eigenvalue weighted by Gasteiger charge is -2.36. The third kappa shape index (κ3) is 2.53. The highest BCUT2D eigenvalue weighted by Crippen LogP contribution is 2.31. The largest absolute Gasteiger partial charge is 0.363 e. The van der Waals surface area contributed by atoms with Crippen LogP contribution in [0.5, 0.6) is 0 Å². The van der Waals surface area contributed by atoms with Crippen LogP contribution in [-0.2, 0) is 13.0 Å². The number of fused-ring (bicyclic) bond motifs is 2. The third-order valence-corrected chi connectivity index (χ3v) is 5.22. The van der Waals surface area contributed by atoms with Crippen LogP contribution in [0.1, 0.15) is 29.6 Å². The molecule has 6 heteroatoms. The van der Waals surface area contributed by atoms with E-state index in [1.165, 1.54) is 27.1 Å². The highest BCUT2D eigenvalue weighted by molar-refractivity contribution is 7.16. The number of aromatic nitrogens is 3. The minimum absolute atomic E-state index is 0.104. The topological polar surface area (TPSA) is 50.5 Å². The van der Waals surface area contributed by atoms with E-state index >= 15 is 0 Å². The Morgan fingerprint density at radius 2 is 2.17 bits per heavy atom. The first-order valence-corrected chi connectivity index (χ1v) is 8.64. The van der Waals surface area contributed by atoms with Crippen molar-refractivity contribution in [3.63, 3.8) is 0 Å². The normalized spacial score (nSPS) is 17.5. The van der Waals surface area contributed by atoms with Crippen LogP contribution in [0.15, 0.2) is 35.1 Å². The molecule has 0 radical (unpaired) electrons. The quantitative estimate of drug-likeness (QED) is 0.727. The van der Waals surface area contributed by atoms with Crippen LogP contribution in [0.4, 0.5) is 5.69 Å². The van der Waals surface area contributed by atoms with Gasteiger partial charge in [0, 0.05) is 17.8 Å². The van der Waals surface area contributed by atoms with Crippen LogP contribution >= 0.6 is 11.3 Å². The number of aryl methyl sites for hydroxylation is 2. The summed E-state index contributed by atoms with van der Waals surface area (Å²) in [5, 5.41) is 5.05. The maximum atomic E-state index is 12.2. The molecule has 2 aromatic heterocycles. The molecule has 1 atom stereocenters. The third-order valence-electron chi connectivity index (χ3n) is 4.40. The Balaban J connectivity index is 1.74. The summed E-state index contributed by atoms with van der Waals surface area (Å²) in [7, 11) is 0. The summed E-state index contributed by atoms with van der Waals surface area (Å²) >= 11 is 1.45. The second kappa shape index (κ2) is 5.45. The summed E-state index contributed by atoms with van der Waals surface area (Å²) < 4.78 is 1.39. The van der Waals surface area contributed by atoms with E-state index in [0.717, 1.165) is 23.5 Å². The number of anilines is 1. The van der Waals surface area contributed by atoms with Crippen LogP contribution in [0.2, 0.25) is 0 Å². The molecule has 1 aliphatic heterocycles. The lowest BCUT2D eigenvalue weighted by Crippen LogP contribution is -2.37. The zero-order valence-electron chi connectivity index (χ0n) is 13.2. The van der Waals surface area contributed by atoms with E-state index < -0.39 is 0 Å². The second-order valence-corrected chi connectivity index (χ2v) is 7.21. The minimum Gasteiger partial charge on any atom is -0.363 e. The van der Waals surface area contributed by atoms with Crippen LogP contribution in [0, 0.1) is 6.92 Å². The van der Waals surface area contributed by atoms with Crippen LogP contribution in [-0.4, -0.2) is 20.6 Å². The van der Waals surface area contributed by atoms with Crippen molar-refractivity contribution in [1.82, 2.24) is 14.6 Å². The maximum absolute atomic E-state index is 12.2. The van der Waals surface area contributed by atoms with Gasteiger partial charge in [0.15, 0.2) is 0 Å². The number of nitrogens with zero attached hydrogens (tertiary/aromatic N) is 4. The van der Waals surface area contributed by atoms with Crippen LogP contribution in [0.25, 0.3) is 4.96 Å². The van der Waals surface area contributed by atoms with E-state index in [9.17, 15) is 4.79 Å². The standard InChI is InChI=1S/C17H18N4OS/c1-11-7-8-13-5-3-4-6-15(13)20(11)10-14-9-16(22)21-17(18-14)23-12(2)19-21/h3-6,9,11H,7-8,10H2,1-2H3/t11-/m0/s1. The fourth-order valence-electron chi connectivity index (χ4n) is 3.21. The molecule has 1 aliphatic rings. The zero-order chi connectivity index (χ0) is 16.0. The Labute approximate surface area is 138 Å². The number of rotatable bonds is 2. The van der Waals surface area contributed by atoms with Gasteiger partial charge < -0.3 is 4.90 Å². The molecule has 0 unspecified atom stereocenters.